The van der Waals surface area contributed by atoms with Crippen molar-refractivity contribution in [3.05, 3.63) is 36.0 Å². The minimum Gasteiger partial charge on any atom is -0.379 e. The molecule has 3 heterocycles. The van der Waals surface area contributed by atoms with Crippen molar-refractivity contribution in [2.45, 2.75) is 39.2 Å². The highest BCUT2D eigenvalue weighted by Crippen LogP contribution is 2.34. The molecule has 146 valence electrons. The number of carbonyl (C=O) groups is 1. The third-order valence-corrected chi connectivity index (χ3v) is 6.23. The van der Waals surface area contributed by atoms with Gasteiger partial charge >= 0.3 is 0 Å². The van der Waals surface area contributed by atoms with Gasteiger partial charge in [-0.25, -0.2) is 0 Å². The number of piperidine rings is 1. The molecule has 0 aliphatic carbocycles. The molecule has 0 saturated carbocycles. The van der Waals surface area contributed by atoms with Gasteiger partial charge in [-0.05, 0) is 38.3 Å². The number of ether oxygens (including phenoxy) is 1. The molecule has 5 nitrogen and oxygen atoms in total. The Hall–Kier alpha value is -1.85. The average molecular weight is 370 g/mol. The number of H-pyrrole nitrogens is 1. The predicted octanol–water partition coefficient (Wildman–Crippen LogP) is 3.06. The lowest BCUT2D eigenvalue weighted by molar-refractivity contribution is -0.135. The summed E-state index contributed by atoms with van der Waals surface area (Å²) in [6, 6.07) is 8.71. The number of aromatic amines is 1. The Morgan fingerprint density at radius 3 is 2.96 bits per heavy atom. The first-order valence-electron chi connectivity index (χ1n) is 10.2. The number of hydrogen-bond donors (Lipinski definition) is 1. The number of hydrogen-bond acceptors (Lipinski definition) is 3. The number of amides is 1. The second-order valence-electron chi connectivity index (χ2n) is 8.57. The number of rotatable bonds is 3. The molecule has 1 amide bonds. The Bertz CT molecular complexity index is 800. The van der Waals surface area contributed by atoms with E-state index in [4.69, 9.17) is 4.74 Å². The minimum atomic E-state index is 0.0783. The van der Waals surface area contributed by atoms with Gasteiger partial charge in [0.1, 0.15) is 0 Å². The molecule has 1 spiro atoms. The maximum absolute atomic E-state index is 13.1. The summed E-state index contributed by atoms with van der Waals surface area (Å²) in [6.07, 6.45) is 4.66. The molecule has 4 rings (SSSR count). The van der Waals surface area contributed by atoms with Gasteiger partial charge < -0.3 is 14.6 Å². The van der Waals surface area contributed by atoms with Gasteiger partial charge in [0.2, 0.25) is 5.91 Å². The van der Waals surface area contributed by atoms with E-state index in [1.54, 1.807) is 0 Å². The van der Waals surface area contributed by atoms with Crippen molar-refractivity contribution in [2.75, 3.05) is 39.4 Å². The lowest BCUT2D eigenvalue weighted by Crippen LogP contribution is -2.53. The highest BCUT2D eigenvalue weighted by atomic mass is 16.5. The van der Waals surface area contributed by atoms with Crippen LogP contribution in [0.25, 0.3) is 10.9 Å². The van der Waals surface area contributed by atoms with E-state index in [0.717, 1.165) is 68.7 Å². The van der Waals surface area contributed by atoms with E-state index in [0.29, 0.717) is 12.5 Å². The number of benzene rings is 1. The summed E-state index contributed by atoms with van der Waals surface area (Å²) in [6.45, 7) is 9.77. The molecule has 2 aliphatic heterocycles. The first-order chi connectivity index (χ1) is 13.1. The zero-order valence-corrected chi connectivity index (χ0v) is 16.5. The standard InChI is InChI=1S/C22H31N3O2/c1-17(2)24-10-11-27-16-22(14-24)8-5-9-25(15-22)21(26)12-18-13-23-20-7-4-3-6-19(18)20/h3-4,6-7,13,17,23H,5,8-12,14-16H2,1-2H3. The largest absolute Gasteiger partial charge is 0.379 e. The van der Waals surface area contributed by atoms with E-state index in [1.165, 1.54) is 0 Å². The van der Waals surface area contributed by atoms with Crippen molar-refractivity contribution >= 4 is 16.8 Å². The zero-order chi connectivity index (χ0) is 18.9. The van der Waals surface area contributed by atoms with Gasteiger partial charge in [-0.3, -0.25) is 9.69 Å². The maximum atomic E-state index is 13.1. The first-order valence-corrected chi connectivity index (χ1v) is 10.2. The SMILES string of the molecule is CC(C)N1CCOCC2(CCCN(C(=O)Cc3c[nH]c4ccccc34)C2)C1. The van der Waals surface area contributed by atoms with E-state index in [9.17, 15) is 4.79 Å². The van der Waals surface area contributed by atoms with Crippen LogP contribution in [0.15, 0.2) is 30.5 Å². The van der Waals surface area contributed by atoms with E-state index in [2.05, 4.69) is 40.8 Å². The molecule has 1 aromatic carbocycles. The highest BCUT2D eigenvalue weighted by Gasteiger charge is 2.40. The summed E-state index contributed by atoms with van der Waals surface area (Å²) < 4.78 is 5.98. The van der Waals surface area contributed by atoms with Crippen LogP contribution in [0.4, 0.5) is 0 Å². The van der Waals surface area contributed by atoms with Crippen LogP contribution < -0.4 is 0 Å². The van der Waals surface area contributed by atoms with E-state index < -0.39 is 0 Å². The molecule has 1 atom stereocenters. The average Bonchev–Trinajstić information content (AvgIpc) is 2.95. The monoisotopic (exact) mass is 369 g/mol. The van der Waals surface area contributed by atoms with Gasteiger partial charge in [0, 0.05) is 54.7 Å². The van der Waals surface area contributed by atoms with Gasteiger partial charge in [0.25, 0.3) is 0 Å². The van der Waals surface area contributed by atoms with Crippen molar-refractivity contribution in [2.24, 2.45) is 5.41 Å². The van der Waals surface area contributed by atoms with E-state index in [-0.39, 0.29) is 11.3 Å². The Labute approximate surface area is 161 Å². The molecule has 1 unspecified atom stereocenters. The van der Waals surface area contributed by atoms with Crippen LogP contribution in [0.5, 0.6) is 0 Å². The number of aromatic nitrogens is 1. The van der Waals surface area contributed by atoms with Crippen molar-refractivity contribution < 1.29 is 9.53 Å². The summed E-state index contributed by atoms with van der Waals surface area (Å²) in [5, 5.41) is 1.15. The molecule has 1 N–H and O–H groups in total. The fourth-order valence-electron chi connectivity index (χ4n) is 4.69. The summed E-state index contributed by atoms with van der Waals surface area (Å²) in [5.41, 5.74) is 2.27. The molecule has 0 radical (unpaired) electrons. The molecule has 2 aliphatic rings. The van der Waals surface area contributed by atoms with Crippen LogP contribution in [0.1, 0.15) is 32.3 Å². The third kappa shape index (κ3) is 3.90. The molecule has 5 heteroatoms. The van der Waals surface area contributed by atoms with E-state index in [1.807, 2.05) is 18.3 Å². The second-order valence-corrected chi connectivity index (χ2v) is 8.57. The minimum absolute atomic E-state index is 0.0783. The first kappa shape index (κ1) is 18.5. The van der Waals surface area contributed by atoms with Crippen molar-refractivity contribution in [1.29, 1.82) is 0 Å². The number of likely N-dealkylation sites (tertiary alicyclic amines) is 1. The van der Waals surface area contributed by atoms with Crippen LogP contribution in [0.2, 0.25) is 0 Å². The molecule has 2 fully saturated rings. The number of nitrogens with one attached hydrogen (secondary N) is 1. The molecule has 2 aromatic rings. The van der Waals surface area contributed by atoms with Crippen molar-refractivity contribution in [3.8, 4) is 0 Å². The van der Waals surface area contributed by atoms with Gasteiger partial charge in [-0.2, -0.15) is 0 Å². The number of nitrogens with zero attached hydrogens (tertiary/aromatic N) is 2. The summed E-state index contributed by atoms with van der Waals surface area (Å²) >= 11 is 0. The quantitative estimate of drug-likeness (QED) is 0.905. The van der Waals surface area contributed by atoms with Crippen molar-refractivity contribution in [1.82, 2.24) is 14.8 Å². The third-order valence-electron chi connectivity index (χ3n) is 6.23. The lowest BCUT2D eigenvalue weighted by Gasteiger charge is -2.44. The molecular weight excluding hydrogens is 338 g/mol. The van der Waals surface area contributed by atoms with Gasteiger partial charge in [0.15, 0.2) is 0 Å². The Morgan fingerprint density at radius 2 is 2.11 bits per heavy atom. The van der Waals surface area contributed by atoms with Crippen molar-refractivity contribution in [3.63, 3.8) is 0 Å². The Morgan fingerprint density at radius 1 is 1.26 bits per heavy atom. The van der Waals surface area contributed by atoms with Crippen LogP contribution in [0, 0.1) is 5.41 Å². The highest BCUT2D eigenvalue weighted by molar-refractivity contribution is 5.88. The van der Waals surface area contributed by atoms with Crippen LogP contribution >= 0.6 is 0 Å². The lowest BCUT2D eigenvalue weighted by atomic mass is 9.79. The fourth-order valence-corrected chi connectivity index (χ4v) is 4.69. The van der Waals surface area contributed by atoms with Gasteiger partial charge in [-0.15, -0.1) is 0 Å². The number of carbonyl (C=O) groups excluding carboxylic acids is 1. The molecule has 27 heavy (non-hydrogen) atoms. The molecule has 0 bridgehead atoms. The summed E-state index contributed by atoms with van der Waals surface area (Å²) in [5.74, 6) is 0.235. The molecule has 1 aromatic heterocycles. The molecular formula is C22H31N3O2. The second kappa shape index (κ2) is 7.64. The normalized spacial score (nSPS) is 24.6. The van der Waals surface area contributed by atoms with Crippen LogP contribution in [-0.2, 0) is 16.0 Å². The van der Waals surface area contributed by atoms with Gasteiger partial charge in [0.05, 0.1) is 19.6 Å². The Balaban J connectivity index is 1.48. The zero-order valence-electron chi connectivity index (χ0n) is 16.5. The topological polar surface area (TPSA) is 48.6 Å². The summed E-state index contributed by atoms with van der Waals surface area (Å²) in [7, 11) is 0. The van der Waals surface area contributed by atoms with Crippen LogP contribution in [-0.4, -0.2) is 66.1 Å². The van der Waals surface area contributed by atoms with Crippen LogP contribution in [0.3, 0.4) is 0 Å². The molecule has 2 saturated heterocycles. The van der Waals surface area contributed by atoms with E-state index >= 15 is 0 Å². The van der Waals surface area contributed by atoms with Gasteiger partial charge in [-0.1, -0.05) is 18.2 Å². The smallest absolute Gasteiger partial charge is 0.227 e. The Kier molecular flexibility index (Phi) is 5.24. The predicted molar refractivity (Wildman–Crippen MR) is 108 cm³/mol. The number of para-hydroxylation sites is 1. The summed E-state index contributed by atoms with van der Waals surface area (Å²) in [4.78, 5) is 21.0. The maximum Gasteiger partial charge on any atom is 0.227 e. The number of fused-ring (bicyclic) bond motifs is 1. The fraction of sp³-hybridized carbons (Fsp3) is 0.591.